The van der Waals surface area contributed by atoms with Crippen LogP contribution < -0.4 is 10.1 Å². The van der Waals surface area contributed by atoms with Crippen molar-refractivity contribution in [2.24, 2.45) is 0 Å². The van der Waals surface area contributed by atoms with E-state index in [0.717, 1.165) is 31.5 Å². The van der Waals surface area contributed by atoms with E-state index in [-0.39, 0.29) is 5.60 Å². The van der Waals surface area contributed by atoms with E-state index >= 15 is 0 Å². The highest BCUT2D eigenvalue weighted by Crippen LogP contribution is 2.40. The normalized spacial score (nSPS) is 21.9. The van der Waals surface area contributed by atoms with Gasteiger partial charge in [-0.2, -0.15) is 0 Å². The Bertz CT molecular complexity index is 394. The topological polar surface area (TPSA) is 21.3 Å². The van der Waals surface area contributed by atoms with Gasteiger partial charge in [0.05, 0.1) is 0 Å². The molecule has 0 saturated carbocycles. The molecule has 2 heterocycles. The molecule has 2 nitrogen and oxygen atoms in total. The van der Waals surface area contributed by atoms with Gasteiger partial charge in [0.2, 0.25) is 0 Å². The molecule has 0 atom stereocenters. The molecule has 2 aliphatic heterocycles. The van der Waals surface area contributed by atoms with Crippen LogP contribution in [0.4, 0.5) is 8.78 Å². The summed E-state index contributed by atoms with van der Waals surface area (Å²) in [5, 5.41) is 3.26. The molecule has 1 saturated heterocycles. The Morgan fingerprint density at radius 3 is 2.56 bits per heavy atom. The van der Waals surface area contributed by atoms with E-state index in [4.69, 9.17) is 4.74 Å². The molecule has 0 unspecified atom stereocenters. The summed E-state index contributed by atoms with van der Waals surface area (Å²) in [5.74, 6) is -1.10. The van der Waals surface area contributed by atoms with Gasteiger partial charge in [0.25, 0.3) is 0 Å². The lowest BCUT2D eigenvalue weighted by molar-refractivity contribution is 0.0598. The Morgan fingerprint density at radius 1 is 1.12 bits per heavy atom. The molecule has 86 valence electrons. The summed E-state index contributed by atoms with van der Waals surface area (Å²) < 4.78 is 32.0. The number of nitrogens with one attached hydrogen (secondary N) is 1. The highest BCUT2D eigenvalue weighted by Gasteiger charge is 2.40. The van der Waals surface area contributed by atoms with E-state index in [2.05, 4.69) is 5.32 Å². The lowest BCUT2D eigenvalue weighted by Crippen LogP contribution is -2.45. The van der Waals surface area contributed by atoms with E-state index in [9.17, 15) is 8.78 Å². The average Bonchev–Trinajstić information content (AvgIpc) is 2.57. The summed E-state index contributed by atoms with van der Waals surface area (Å²) in [5.41, 5.74) is 0.564. The zero-order valence-corrected chi connectivity index (χ0v) is 8.85. The van der Waals surface area contributed by atoms with Crippen LogP contribution >= 0.6 is 0 Å². The lowest BCUT2D eigenvalue weighted by atomic mass is 9.88. The Balaban J connectivity index is 1.93. The van der Waals surface area contributed by atoms with Crippen molar-refractivity contribution in [1.29, 1.82) is 0 Å². The number of halogens is 2. The first-order valence-electron chi connectivity index (χ1n) is 5.56. The maximum absolute atomic E-state index is 13.1. The molecular weight excluding hydrogens is 212 g/mol. The summed E-state index contributed by atoms with van der Waals surface area (Å²) >= 11 is 0. The number of rotatable bonds is 0. The largest absolute Gasteiger partial charge is 0.486 e. The molecule has 1 N–H and O–H groups in total. The molecule has 0 amide bonds. The fourth-order valence-electron chi connectivity index (χ4n) is 2.58. The minimum atomic E-state index is -0.829. The van der Waals surface area contributed by atoms with Crippen LogP contribution in [0.1, 0.15) is 18.4 Å². The Morgan fingerprint density at radius 2 is 1.81 bits per heavy atom. The highest BCUT2D eigenvalue weighted by atomic mass is 19.2. The highest BCUT2D eigenvalue weighted by molar-refractivity contribution is 5.40. The molecule has 0 aliphatic carbocycles. The van der Waals surface area contributed by atoms with E-state index in [0.29, 0.717) is 12.2 Å². The van der Waals surface area contributed by atoms with Crippen LogP contribution in [-0.2, 0) is 6.42 Å². The first-order chi connectivity index (χ1) is 7.69. The number of benzene rings is 1. The fraction of sp³-hybridized carbons (Fsp3) is 0.500. The molecule has 3 rings (SSSR count). The third-order valence-corrected chi connectivity index (χ3v) is 3.46. The van der Waals surface area contributed by atoms with Gasteiger partial charge in [0, 0.05) is 18.1 Å². The maximum Gasteiger partial charge on any atom is 0.162 e. The van der Waals surface area contributed by atoms with Crippen molar-refractivity contribution >= 4 is 0 Å². The molecule has 4 heteroatoms. The lowest BCUT2D eigenvalue weighted by Gasteiger charge is -2.33. The van der Waals surface area contributed by atoms with Crippen LogP contribution in [0.15, 0.2) is 12.1 Å². The molecule has 0 radical (unpaired) electrons. The Hall–Kier alpha value is -1.16. The minimum absolute atomic E-state index is 0.228. The fourth-order valence-corrected chi connectivity index (χ4v) is 2.58. The number of hydrogen-bond acceptors (Lipinski definition) is 2. The molecule has 1 aromatic carbocycles. The van der Waals surface area contributed by atoms with E-state index in [1.54, 1.807) is 0 Å². The van der Waals surface area contributed by atoms with Crippen molar-refractivity contribution in [2.75, 3.05) is 13.1 Å². The van der Waals surface area contributed by atoms with Gasteiger partial charge in [-0.25, -0.2) is 8.78 Å². The van der Waals surface area contributed by atoms with Gasteiger partial charge in [0.1, 0.15) is 11.4 Å². The third kappa shape index (κ3) is 1.48. The molecule has 1 spiro atoms. The molecule has 1 aromatic rings. The SMILES string of the molecule is Fc1cc2c(cc1F)OC1(CCNCC1)C2. The monoisotopic (exact) mass is 225 g/mol. The molecule has 0 bridgehead atoms. The van der Waals surface area contributed by atoms with Gasteiger partial charge < -0.3 is 10.1 Å². The van der Waals surface area contributed by atoms with Crippen LogP contribution in [-0.4, -0.2) is 18.7 Å². The molecular formula is C12H13F2NO. The second-order valence-corrected chi connectivity index (χ2v) is 4.59. The molecule has 2 aliphatic rings. The number of fused-ring (bicyclic) bond motifs is 1. The van der Waals surface area contributed by atoms with Crippen molar-refractivity contribution in [3.8, 4) is 5.75 Å². The Kier molecular flexibility index (Phi) is 2.14. The van der Waals surface area contributed by atoms with Crippen molar-refractivity contribution in [3.05, 3.63) is 29.3 Å². The average molecular weight is 225 g/mol. The van der Waals surface area contributed by atoms with E-state index < -0.39 is 11.6 Å². The quantitative estimate of drug-likeness (QED) is 0.729. The van der Waals surface area contributed by atoms with Crippen LogP contribution in [0.3, 0.4) is 0 Å². The van der Waals surface area contributed by atoms with Crippen molar-refractivity contribution in [1.82, 2.24) is 5.32 Å². The first-order valence-corrected chi connectivity index (χ1v) is 5.56. The Labute approximate surface area is 92.6 Å². The second kappa shape index (κ2) is 3.42. The summed E-state index contributed by atoms with van der Waals surface area (Å²) in [6.07, 6.45) is 2.48. The van der Waals surface area contributed by atoms with Crippen LogP contribution in [0, 0.1) is 11.6 Å². The van der Waals surface area contributed by atoms with Gasteiger partial charge in [-0.05, 0) is 32.0 Å². The van der Waals surface area contributed by atoms with Crippen LogP contribution in [0.5, 0.6) is 5.75 Å². The maximum atomic E-state index is 13.1. The minimum Gasteiger partial charge on any atom is -0.486 e. The molecule has 16 heavy (non-hydrogen) atoms. The summed E-state index contributed by atoms with van der Waals surface area (Å²) in [7, 11) is 0. The standard InChI is InChI=1S/C12H13F2NO/c13-9-5-8-7-12(1-3-15-4-2-12)16-11(8)6-10(9)14/h5-6,15H,1-4,7H2. The zero-order chi connectivity index (χ0) is 11.2. The molecule has 0 aromatic heterocycles. The molecule has 1 fully saturated rings. The van der Waals surface area contributed by atoms with Gasteiger partial charge in [0.15, 0.2) is 11.6 Å². The number of ether oxygens (including phenoxy) is 1. The first kappa shape index (κ1) is 10.0. The summed E-state index contributed by atoms with van der Waals surface area (Å²) in [4.78, 5) is 0. The van der Waals surface area contributed by atoms with Crippen LogP contribution in [0.25, 0.3) is 0 Å². The van der Waals surface area contributed by atoms with Gasteiger partial charge >= 0.3 is 0 Å². The predicted molar refractivity (Wildman–Crippen MR) is 55.5 cm³/mol. The van der Waals surface area contributed by atoms with Crippen molar-refractivity contribution in [3.63, 3.8) is 0 Å². The second-order valence-electron chi connectivity index (χ2n) is 4.59. The summed E-state index contributed by atoms with van der Waals surface area (Å²) in [6.45, 7) is 1.80. The third-order valence-electron chi connectivity index (χ3n) is 3.46. The van der Waals surface area contributed by atoms with Crippen molar-refractivity contribution in [2.45, 2.75) is 24.9 Å². The predicted octanol–water partition coefficient (Wildman–Crippen LogP) is 2.02. The van der Waals surface area contributed by atoms with Crippen molar-refractivity contribution < 1.29 is 13.5 Å². The van der Waals surface area contributed by atoms with Gasteiger partial charge in [-0.1, -0.05) is 0 Å². The van der Waals surface area contributed by atoms with Crippen LogP contribution in [0.2, 0.25) is 0 Å². The zero-order valence-electron chi connectivity index (χ0n) is 8.85. The summed E-state index contributed by atoms with van der Waals surface area (Å²) in [6, 6.07) is 2.43. The van der Waals surface area contributed by atoms with Gasteiger partial charge in [-0.3, -0.25) is 0 Å². The number of piperidine rings is 1. The van der Waals surface area contributed by atoms with E-state index in [1.807, 2.05) is 0 Å². The number of hydrogen-bond donors (Lipinski definition) is 1. The smallest absolute Gasteiger partial charge is 0.162 e. The van der Waals surface area contributed by atoms with Gasteiger partial charge in [-0.15, -0.1) is 0 Å². The van der Waals surface area contributed by atoms with E-state index in [1.165, 1.54) is 12.1 Å².